The number of benzene rings is 2. The summed E-state index contributed by atoms with van der Waals surface area (Å²) in [5.74, 6) is 0.365. The van der Waals surface area contributed by atoms with Gasteiger partial charge in [0.1, 0.15) is 5.75 Å². The Balaban J connectivity index is 1.93. The second-order valence-electron chi connectivity index (χ2n) is 7.93. The van der Waals surface area contributed by atoms with Gasteiger partial charge in [0, 0.05) is 24.8 Å². The van der Waals surface area contributed by atoms with Crippen molar-refractivity contribution >= 4 is 16.9 Å². The van der Waals surface area contributed by atoms with Gasteiger partial charge in [-0.2, -0.15) is 0 Å². The summed E-state index contributed by atoms with van der Waals surface area (Å²) in [4.78, 5) is 43.5. The molecule has 9 nitrogen and oxygen atoms in total. The first-order valence-electron chi connectivity index (χ1n) is 10.8. The number of ether oxygens (including phenoxy) is 2. The lowest BCUT2D eigenvalue weighted by molar-refractivity contribution is 0.101. The predicted octanol–water partition coefficient (Wildman–Crippen LogP) is 2.31. The molecule has 0 spiro atoms. The zero-order valence-electron chi connectivity index (χ0n) is 19.4. The first-order valence-corrected chi connectivity index (χ1v) is 10.8. The van der Waals surface area contributed by atoms with E-state index in [-0.39, 0.29) is 18.9 Å². The van der Waals surface area contributed by atoms with E-state index in [0.29, 0.717) is 41.2 Å². The summed E-state index contributed by atoms with van der Waals surface area (Å²) < 4.78 is 15.0. The molecule has 0 aliphatic heterocycles. The second-order valence-corrected chi connectivity index (χ2v) is 7.93. The van der Waals surface area contributed by atoms with Crippen molar-refractivity contribution in [3.8, 4) is 5.75 Å². The van der Waals surface area contributed by atoms with Crippen LogP contribution in [0.2, 0.25) is 0 Å². The van der Waals surface area contributed by atoms with Crippen molar-refractivity contribution in [1.29, 1.82) is 0 Å². The van der Waals surface area contributed by atoms with Crippen LogP contribution in [0.5, 0.6) is 5.75 Å². The molecule has 0 radical (unpaired) electrons. The molecule has 0 aliphatic rings. The summed E-state index contributed by atoms with van der Waals surface area (Å²) >= 11 is 0. The number of nitrogens with zero attached hydrogens (tertiary/aromatic N) is 4. The van der Waals surface area contributed by atoms with E-state index in [1.54, 1.807) is 36.2 Å². The normalized spacial score (nSPS) is 11.1. The third-order valence-corrected chi connectivity index (χ3v) is 5.72. The van der Waals surface area contributed by atoms with Crippen LogP contribution in [0.15, 0.2) is 64.4 Å². The Bertz CT molecular complexity index is 1450. The van der Waals surface area contributed by atoms with E-state index in [9.17, 15) is 14.4 Å². The van der Waals surface area contributed by atoms with Crippen LogP contribution in [0.25, 0.3) is 11.2 Å². The summed E-state index contributed by atoms with van der Waals surface area (Å²) in [6.45, 7) is 2.46. The average molecular weight is 463 g/mol. The second kappa shape index (κ2) is 9.88. The van der Waals surface area contributed by atoms with Crippen molar-refractivity contribution in [2.45, 2.75) is 26.6 Å². The van der Waals surface area contributed by atoms with Crippen LogP contribution in [0.3, 0.4) is 0 Å². The Morgan fingerprint density at radius 1 is 1.00 bits per heavy atom. The van der Waals surface area contributed by atoms with E-state index in [2.05, 4.69) is 4.98 Å². The standard InChI is InChI=1S/C25H26N4O5/c1-17(30)19-9-10-21(34-3)20(13-19)15-29-24(31)22-23(26-16-27(22)11-12-33-2)28(25(29)32)14-18-7-5-4-6-8-18/h4-10,13,16H,11-12,14-15H2,1-3H3. The van der Waals surface area contributed by atoms with E-state index in [0.717, 1.165) is 10.1 Å². The molecule has 4 aromatic rings. The molecule has 2 aromatic heterocycles. The molecule has 0 unspecified atom stereocenters. The van der Waals surface area contributed by atoms with Gasteiger partial charge in [-0.1, -0.05) is 30.3 Å². The number of fused-ring (bicyclic) bond motifs is 1. The van der Waals surface area contributed by atoms with Crippen molar-refractivity contribution in [3.05, 3.63) is 92.4 Å². The highest BCUT2D eigenvalue weighted by atomic mass is 16.5. The number of hydrogen-bond donors (Lipinski definition) is 0. The molecule has 34 heavy (non-hydrogen) atoms. The number of hydrogen-bond acceptors (Lipinski definition) is 6. The lowest BCUT2D eigenvalue weighted by Gasteiger charge is -2.15. The number of methoxy groups -OCH3 is 2. The molecule has 0 amide bonds. The third kappa shape index (κ3) is 4.42. The third-order valence-electron chi connectivity index (χ3n) is 5.72. The van der Waals surface area contributed by atoms with Crippen LogP contribution in [-0.2, 0) is 24.4 Å². The van der Waals surface area contributed by atoms with Crippen LogP contribution >= 0.6 is 0 Å². The fourth-order valence-electron chi connectivity index (χ4n) is 3.94. The van der Waals surface area contributed by atoms with Gasteiger partial charge in [0.15, 0.2) is 16.9 Å². The molecule has 0 atom stereocenters. The Hall–Kier alpha value is -3.98. The zero-order valence-corrected chi connectivity index (χ0v) is 19.4. The van der Waals surface area contributed by atoms with E-state index in [1.807, 2.05) is 30.3 Å². The average Bonchev–Trinajstić information content (AvgIpc) is 3.27. The monoisotopic (exact) mass is 462 g/mol. The van der Waals surface area contributed by atoms with Crippen molar-refractivity contribution in [1.82, 2.24) is 18.7 Å². The Morgan fingerprint density at radius 2 is 1.76 bits per heavy atom. The SMILES string of the molecule is COCCn1cnc2c1c(=O)n(Cc1cc(C(C)=O)ccc1OC)c(=O)n2Cc1ccccc1. The molecule has 0 fully saturated rings. The van der Waals surface area contributed by atoms with Gasteiger partial charge in [0.25, 0.3) is 5.56 Å². The lowest BCUT2D eigenvalue weighted by atomic mass is 10.1. The number of carbonyl (C=O) groups excluding carboxylic acids is 1. The van der Waals surface area contributed by atoms with E-state index in [4.69, 9.17) is 9.47 Å². The maximum absolute atomic E-state index is 13.6. The minimum atomic E-state index is -0.492. The van der Waals surface area contributed by atoms with E-state index >= 15 is 0 Å². The molecule has 176 valence electrons. The molecular formula is C25H26N4O5. The van der Waals surface area contributed by atoms with Gasteiger partial charge in [-0.05, 0) is 30.7 Å². The summed E-state index contributed by atoms with van der Waals surface area (Å²) in [5.41, 5.74) is 1.60. The van der Waals surface area contributed by atoms with Crippen LogP contribution in [-0.4, -0.2) is 45.3 Å². The van der Waals surface area contributed by atoms with Crippen LogP contribution in [0, 0.1) is 0 Å². The largest absolute Gasteiger partial charge is 0.496 e. The highest BCUT2D eigenvalue weighted by Crippen LogP contribution is 2.21. The van der Waals surface area contributed by atoms with Crippen LogP contribution in [0.1, 0.15) is 28.4 Å². The topological polar surface area (TPSA) is 97.4 Å². The molecule has 0 saturated carbocycles. The van der Waals surface area contributed by atoms with Gasteiger partial charge >= 0.3 is 5.69 Å². The van der Waals surface area contributed by atoms with Crippen molar-refractivity contribution < 1.29 is 14.3 Å². The molecule has 9 heteroatoms. The number of Topliss-reactive ketones (excluding diaryl/α,β-unsaturated/α-hetero) is 1. The molecule has 2 aromatic carbocycles. The molecule has 2 heterocycles. The van der Waals surface area contributed by atoms with E-state index < -0.39 is 11.2 Å². The number of rotatable bonds is 9. The Labute approximate surface area is 195 Å². The fourth-order valence-corrected chi connectivity index (χ4v) is 3.94. The summed E-state index contributed by atoms with van der Waals surface area (Å²) in [6, 6.07) is 14.5. The lowest BCUT2D eigenvalue weighted by Crippen LogP contribution is -2.41. The number of imidazole rings is 1. The molecule has 0 bridgehead atoms. The van der Waals surface area contributed by atoms with Crippen LogP contribution < -0.4 is 16.0 Å². The van der Waals surface area contributed by atoms with Gasteiger partial charge in [-0.3, -0.25) is 18.7 Å². The minimum Gasteiger partial charge on any atom is -0.496 e. The molecular weight excluding hydrogens is 436 g/mol. The first-order chi connectivity index (χ1) is 16.4. The van der Waals surface area contributed by atoms with Crippen molar-refractivity contribution in [3.63, 3.8) is 0 Å². The fraction of sp³-hybridized carbons (Fsp3) is 0.280. The highest BCUT2D eigenvalue weighted by molar-refractivity contribution is 5.94. The summed E-state index contributed by atoms with van der Waals surface area (Å²) in [6.07, 6.45) is 1.55. The van der Waals surface area contributed by atoms with Gasteiger partial charge < -0.3 is 14.0 Å². The smallest absolute Gasteiger partial charge is 0.333 e. The van der Waals surface area contributed by atoms with Gasteiger partial charge in [-0.15, -0.1) is 0 Å². The molecule has 4 rings (SSSR count). The maximum Gasteiger partial charge on any atom is 0.333 e. The number of ketones is 1. The first kappa shape index (κ1) is 23.2. The van der Waals surface area contributed by atoms with E-state index in [1.165, 1.54) is 18.6 Å². The zero-order chi connectivity index (χ0) is 24.2. The molecule has 0 N–H and O–H groups in total. The Morgan fingerprint density at radius 3 is 2.44 bits per heavy atom. The van der Waals surface area contributed by atoms with Gasteiger partial charge in [-0.25, -0.2) is 9.78 Å². The highest BCUT2D eigenvalue weighted by Gasteiger charge is 2.20. The van der Waals surface area contributed by atoms with Crippen molar-refractivity contribution in [2.75, 3.05) is 20.8 Å². The van der Waals surface area contributed by atoms with Crippen LogP contribution in [0.4, 0.5) is 0 Å². The van der Waals surface area contributed by atoms with Crippen molar-refractivity contribution in [2.24, 2.45) is 0 Å². The Kier molecular flexibility index (Phi) is 6.74. The predicted molar refractivity (Wildman–Crippen MR) is 128 cm³/mol. The number of aromatic nitrogens is 4. The molecule has 0 saturated heterocycles. The van der Waals surface area contributed by atoms with Gasteiger partial charge in [0.05, 0.1) is 33.1 Å². The minimum absolute atomic E-state index is 0.0534. The van der Waals surface area contributed by atoms with Gasteiger partial charge in [0.2, 0.25) is 0 Å². The molecule has 0 aliphatic carbocycles. The number of carbonyl (C=O) groups is 1. The maximum atomic E-state index is 13.6. The quantitative estimate of drug-likeness (QED) is 0.354. The summed E-state index contributed by atoms with van der Waals surface area (Å²) in [5, 5.41) is 0. The summed E-state index contributed by atoms with van der Waals surface area (Å²) in [7, 11) is 3.09.